The maximum absolute atomic E-state index is 4.67. The van der Waals surface area contributed by atoms with E-state index in [2.05, 4.69) is 66.6 Å². The molecule has 3 rings (SSSR count). The molecule has 3 nitrogen and oxygen atoms in total. The average Bonchev–Trinajstić information content (AvgIpc) is 3.13. The van der Waals surface area contributed by atoms with E-state index in [4.69, 9.17) is 0 Å². The molecule has 0 radical (unpaired) electrons. The van der Waals surface area contributed by atoms with E-state index in [1.165, 1.54) is 21.6 Å². The van der Waals surface area contributed by atoms with Gasteiger partial charge >= 0.3 is 0 Å². The van der Waals surface area contributed by atoms with Gasteiger partial charge in [0.1, 0.15) is 0 Å². The molecule has 0 N–H and O–H groups in total. The van der Waals surface area contributed by atoms with Crippen molar-refractivity contribution in [3.8, 4) is 11.3 Å². The summed E-state index contributed by atoms with van der Waals surface area (Å²) >= 11 is 3.35. The minimum atomic E-state index is 0.891. The second kappa shape index (κ2) is 6.64. The van der Waals surface area contributed by atoms with Crippen LogP contribution in [-0.2, 0) is 0 Å². The number of hydrogen-bond donors (Lipinski definition) is 0. The van der Waals surface area contributed by atoms with Crippen molar-refractivity contribution in [2.45, 2.75) is 20.8 Å². The number of thiophene rings is 1. The molecule has 118 valence electrons. The second-order valence-corrected chi connectivity index (χ2v) is 7.59. The molecule has 1 aromatic carbocycles. The molecule has 0 spiro atoms. The first-order chi connectivity index (χ1) is 11.1. The molecule has 0 aliphatic heterocycles. The molecule has 5 heteroatoms. The largest absolute Gasteiger partial charge is 0.261 e. The topological polar surface area (TPSA) is 29.6 Å². The predicted octanol–water partition coefficient (Wildman–Crippen LogP) is 4.62. The van der Waals surface area contributed by atoms with Crippen molar-refractivity contribution < 1.29 is 0 Å². The summed E-state index contributed by atoms with van der Waals surface area (Å²) in [6.07, 6.45) is 1.91. The summed E-state index contributed by atoms with van der Waals surface area (Å²) in [6.45, 7) is 6.37. The fourth-order valence-electron chi connectivity index (χ4n) is 2.30. The number of hydrogen-bond acceptors (Lipinski definition) is 4. The Morgan fingerprint density at radius 2 is 1.87 bits per heavy atom. The molecule has 0 aliphatic rings. The summed E-state index contributed by atoms with van der Waals surface area (Å²) < 4.78 is 1.92. The average molecular weight is 342 g/mol. The van der Waals surface area contributed by atoms with Gasteiger partial charge in [-0.25, -0.2) is 4.68 Å². The Labute approximate surface area is 144 Å². The normalized spacial score (nSPS) is 12.4. The second-order valence-electron chi connectivity index (χ2n) is 5.43. The zero-order valence-electron chi connectivity index (χ0n) is 13.7. The zero-order valence-corrected chi connectivity index (χ0v) is 15.3. The van der Waals surface area contributed by atoms with E-state index in [1.807, 2.05) is 10.9 Å². The van der Waals surface area contributed by atoms with Crippen LogP contribution in [0.25, 0.3) is 11.3 Å². The van der Waals surface area contributed by atoms with Crippen molar-refractivity contribution in [1.29, 1.82) is 0 Å². The number of rotatable bonds is 3. The quantitative estimate of drug-likeness (QED) is 0.623. The Morgan fingerprint density at radius 3 is 2.52 bits per heavy atom. The fraction of sp³-hybridized carbons (Fsp3) is 0.222. The molecular weight excluding hydrogens is 322 g/mol. The molecule has 2 aromatic heterocycles. The Morgan fingerprint density at radius 1 is 1.04 bits per heavy atom. The van der Waals surface area contributed by atoms with Gasteiger partial charge in [-0.1, -0.05) is 12.1 Å². The van der Waals surface area contributed by atoms with Gasteiger partial charge in [-0.15, -0.1) is 22.7 Å². The predicted molar refractivity (Wildman–Crippen MR) is 101 cm³/mol. The summed E-state index contributed by atoms with van der Waals surface area (Å²) in [5.41, 5.74) is 4.82. The first-order valence-electron chi connectivity index (χ1n) is 7.40. The molecule has 0 bridgehead atoms. The van der Waals surface area contributed by atoms with Gasteiger partial charge in [0.15, 0.2) is 0 Å². The van der Waals surface area contributed by atoms with Crippen LogP contribution in [0.1, 0.15) is 20.9 Å². The number of thiazole rings is 1. The van der Waals surface area contributed by atoms with Crippen molar-refractivity contribution in [3.05, 3.63) is 61.4 Å². The molecule has 0 saturated heterocycles. The number of aryl methyl sites for hydroxylation is 3. The van der Waals surface area contributed by atoms with Gasteiger partial charge in [0, 0.05) is 27.7 Å². The molecule has 2 heterocycles. The van der Waals surface area contributed by atoms with E-state index >= 15 is 0 Å². The first-order valence-corrected chi connectivity index (χ1v) is 9.10. The van der Waals surface area contributed by atoms with Crippen molar-refractivity contribution in [3.63, 3.8) is 0 Å². The summed E-state index contributed by atoms with van der Waals surface area (Å²) in [4.78, 5) is 7.67. The SMILES string of the molecule is CN=c1scc(-c2ccc(C)c(C)c2)n1N=Cc1ccc(C)s1. The molecule has 0 saturated carbocycles. The van der Waals surface area contributed by atoms with Gasteiger partial charge in [-0.2, -0.15) is 5.10 Å². The van der Waals surface area contributed by atoms with Gasteiger partial charge in [0.25, 0.3) is 0 Å². The molecule has 0 atom stereocenters. The van der Waals surface area contributed by atoms with Crippen molar-refractivity contribution >= 4 is 28.9 Å². The monoisotopic (exact) mass is 341 g/mol. The molecule has 3 aromatic rings. The van der Waals surface area contributed by atoms with Crippen LogP contribution >= 0.6 is 22.7 Å². The van der Waals surface area contributed by atoms with Crippen LogP contribution in [0.4, 0.5) is 0 Å². The van der Waals surface area contributed by atoms with E-state index < -0.39 is 0 Å². The standard InChI is InChI=1S/C18H19N3S2/c1-12-5-7-15(9-13(12)2)17-11-22-18(19-4)21(17)20-10-16-8-6-14(3)23-16/h5-11H,1-4H3. The van der Waals surface area contributed by atoms with Crippen molar-refractivity contribution in [2.24, 2.45) is 10.1 Å². The molecule has 0 unspecified atom stereocenters. The Kier molecular flexibility index (Phi) is 4.59. The van der Waals surface area contributed by atoms with E-state index in [1.54, 1.807) is 29.7 Å². The van der Waals surface area contributed by atoms with Gasteiger partial charge in [0.2, 0.25) is 4.80 Å². The van der Waals surface area contributed by atoms with Crippen molar-refractivity contribution in [1.82, 2.24) is 4.68 Å². The van der Waals surface area contributed by atoms with E-state index in [-0.39, 0.29) is 0 Å². The maximum atomic E-state index is 4.67. The van der Waals surface area contributed by atoms with Crippen LogP contribution in [0.2, 0.25) is 0 Å². The zero-order chi connectivity index (χ0) is 16.4. The molecule has 0 aliphatic carbocycles. The van der Waals surface area contributed by atoms with Crippen LogP contribution in [0, 0.1) is 20.8 Å². The van der Waals surface area contributed by atoms with Gasteiger partial charge in [-0.05, 0) is 50.1 Å². The van der Waals surface area contributed by atoms with Crippen LogP contribution in [0.3, 0.4) is 0 Å². The molecular formula is C18H19N3S2. The van der Waals surface area contributed by atoms with E-state index in [0.29, 0.717) is 0 Å². The third-order valence-electron chi connectivity index (χ3n) is 3.74. The lowest BCUT2D eigenvalue weighted by Gasteiger charge is -2.06. The Bertz CT molecular complexity index is 926. The summed E-state index contributed by atoms with van der Waals surface area (Å²) in [6, 6.07) is 10.7. The maximum Gasteiger partial charge on any atom is 0.205 e. The highest BCUT2D eigenvalue weighted by atomic mass is 32.1. The van der Waals surface area contributed by atoms with Crippen LogP contribution in [-0.4, -0.2) is 17.9 Å². The molecule has 0 fully saturated rings. The van der Waals surface area contributed by atoms with E-state index in [9.17, 15) is 0 Å². The minimum absolute atomic E-state index is 0.891. The number of nitrogens with zero attached hydrogens (tertiary/aromatic N) is 3. The third kappa shape index (κ3) is 3.35. The van der Waals surface area contributed by atoms with Crippen LogP contribution < -0.4 is 4.80 Å². The highest BCUT2D eigenvalue weighted by Crippen LogP contribution is 2.23. The molecule has 23 heavy (non-hydrogen) atoms. The summed E-state index contributed by atoms with van der Waals surface area (Å²) in [5.74, 6) is 0. The summed E-state index contributed by atoms with van der Waals surface area (Å²) in [5, 5.41) is 6.78. The third-order valence-corrected chi connectivity index (χ3v) is 5.58. The van der Waals surface area contributed by atoms with Gasteiger partial charge in [0.05, 0.1) is 11.9 Å². The van der Waals surface area contributed by atoms with E-state index in [0.717, 1.165) is 15.4 Å². The fourth-order valence-corrected chi connectivity index (χ4v) is 3.85. The Balaban J connectivity index is 2.07. The lowest BCUT2D eigenvalue weighted by Crippen LogP contribution is -2.11. The number of benzene rings is 1. The first kappa shape index (κ1) is 15.9. The lowest BCUT2D eigenvalue weighted by molar-refractivity contribution is 0.848. The lowest BCUT2D eigenvalue weighted by atomic mass is 10.1. The van der Waals surface area contributed by atoms with Crippen LogP contribution in [0.5, 0.6) is 0 Å². The minimum Gasteiger partial charge on any atom is -0.261 e. The highest BCUT2D eigenvalue weighted by molar-refractivity contribution is 7.13. The Hall–Kier alpha value is -1.98. The van der Waals surface area contributed by atoms with Crippen LogP contribution in [0.15, 0.2) is 45.8 Å². The van der Waals surface area contributed by atoms with Gasteiger partial charge in [-0.3, -0.25) is 4.99 Å². The summed E-state index contributed by atoms with van der Waals surface area (Å²) in [7, 11) is 1.80. The van der Waals surface area contributed by atoms with Crippen molar-refractivity contribution in [2.75, 3.05) is 7.05 Å². The highest BCUT2D eigenvalue weighted by Gasteiger charge is 2.08. The van der Waals surface area contributed by atoms with Gasteiger partial charge < -0.3 is 0 Å². The molecule has 0 amide bonds. The number of aromatic nitrogens is 1. The smallest absolute Gasteiger partial charge is 0.205 e.